The van der Waals surface area contributed by atoms with Gasteiger partial charge < -0.3 is 20.5 Å². The van der Waals surface area contributed by atoms with Crippen LogP contribution in [0.1, 0.15) is 5.56 Å². The van der Waals surface area contributed by atoms with Gasteiger partial charge in [0.15, 0.2) is 5.11 Å². The lowest BCUT2D eigenvalue weighted by Crippen LogP contribution is -2.40. The maximum Gasteiger partial charge on any atom is 0.243 e. The maximum atomic E-state index is 12.8. The number of ether oxygens (including phenoxy) is 1. The Kier molecular flexibility index (Phi) is 6.41. The van der Waals surface area contributed by atoms with Crippen molar-refractivity contribution >= 4 is 50.3 Å². The molecule has 0 aromatic heterocycles. The minimum Gasteiger partial charge on any atom is -0.506 e. The van der Waals surface area contributed by atoms with Crippen molar-refractivity contribution < 1.29 is 18.3 Å². The summed E-state index contributed by atoms with van der Waals surface area (Å²) < 4.78 is 32.2. The Morgan fingerprint density at radius 1 is 1.14 bits per heavy atom. The summed E-state index contributed by atoms with van der Waals surface area (Å²) in [5.41, 5.74) is 1.68. The lowest BCUT2D eigenvalue weighted by atomic mass is 10.2. The summed E-state index contributed by atoms with van der Waals surface area (Å²) in [4.78, 5) is 0.113. The average Bonchev–Trinajstić information content (AvgIpc) is 2.66. The number of phenolic OH excluding ortho intramolecular Hbond substituents is 1. The van der Waals surface area contributed by atoms with Gasteiger partial charge in [-0.15, -0.1) is 0 Å². The number of nitrogens with zero attached hydrogens (tertiary/aromatic N) is 1. The van der Waals surface area contributed by atoms with E-state index in [4.69, 9.17) is 28.6 Å². The highest BCUT2D eigenvalue weighted by Gasteiger charge is 2.27. The van der Waals surface area contributed by atoms with E-state index in [2.05, 4.69) is 10.6 Å². The second-order valence-corrected chi connectivity index (χ2v) is 9.01. The Labute approximate surface area is 174 Å². The fourth-order valence-electron chi connectivity index (χ4n) is 2.72. The number of hydrogen-bond donors (Lipinski definition) is 3. The minimum absolute atomic E-state index is 0.0545. The molecule has 0 radical (unpaired) electrons. The minimum atomic E-state index is -3.66. The third-order valence-electron chi connectivity index (χ3n) is 4.20. The normalized spacial score (nSPS) is 15.2. The number of halogens is 1. The number of hydrogen-bond acceptors (Lipinski definition) is 5. The van der Waals surface area contributed by atoms with E-state index in [0.717, 1.165) is 5.56 Å². The molecule has 3 rings (SSSR count). The van der Waals surface area contributed by atoms with Gasteiger partial charge in [-0.1, -0.05) is 17.7 Å². The summed E-state index contributed by atoms with van der Waals surface area (Å²) in [6.07, 6.45) is 0. The number of nitrogens with one attached hydrogen (secondary N) is 2. The topological polar surface area (TPSA) is 90.9 Å². The molecule has 0 aliphatic carbocycles. The van der Waals surface area contributed by atoms with E-state index >= 15 is 0 Å². The molecule has 0 amide bonds. The third kappa shape index (κ3) is 4.73. The molecule has 0 spiro atoms. The molecule has 0 atom stereocenters. The Morgan fingerprint density at radius 2 is 1.82 bits per heavy atom. The molecule has 1 heterocycles. The highest BCUT2D eigenvalue weighted by Crippen LogP contribution is 2.28. The van der Waals surface area contributed by atoms with E-state index in [1.165, 1.54) is 22.5 Å². The fraction of sp³-hybridized carbons (Fsp3) is 0.278. The number of aromatic hydroxyl groups is 1. The highest BCUT2D eigenvalue weighted by molar-refractivity contribution is 7.89. The zero-order valence-corrected chi connectivity index (χ0v) is 17.5. The van der Waals surface area contributed by atoms with Crippen molar-refractivity contribution in [2.75, 3.05) is 36.9 Å². The first kappa shape index (κ1) is 20.8. The number of sulfonamides is 1. The number of aryl methyl sites for hydroxylation is 1. The van der Waals surface area contributed by atoms with E-state index in [-0.39, 0.29) is 15.8 Å². The van der Waals surface area contributed by atoms with Gasteiger partial charge in [-0.05, 0) is 55.0 Å². The zero-order chi connectivity index (χ0) is 20.3. The summed E-state index contributed by atoms with van der Waals surface area (Å²) in [6.45, 7) is 3.21. The largest absolute Gasteiger partial charge is 0.506 e. The van der Waals surface area contributed by atoms with E-state index in [1.807, 2.05) is 13.0 Å². The Bertz CT molecular complexity index is 992. The molecule has 2 aromatic carbocycles. The van der Waals surface area contributed by atoms with Gasteiger partial charge in [-0.25, -0.2) is 8.42 Å². The molecule has 150 valence electrons. The zero-order valence-electron chi connectivity index (χ0n) is 15.1. The van der Waals surface area contributed by atoms with Gasteiger partial charge in [-0.3, -0.25) is 0 Å². The van der Waals surface area contributed by atoms with Gasteiger partial charge in [-0.2, -0.15) is 4.31 Å². The molecule has 1 saturated heterocycles. The molecule has 1 aliphatic heterocycles. The van der Waals surface area contributed by atoms with Crippen LogP contribution in [-0.4, -0.2) is 49.2 Å². The second-order valence-electron chi connectivity index (χ2n) is 6.26. The molecule has 2 aromatic rings. The van der Waals surface area contributed by atoms with Gasteiger partial charge >= 0.3 is 0 Å². The van der Waals surface area contributed by atoms with Crippen LogP contribution < -0.4 is 10.6 Å². The molecule has 10 heteroatoms. The maximum absolute atomic E-state index is 12.8. The third-order valence-corrected chi connectivity index (χ3v) is 6.62. The van der Waals surface area contributed by atoms with E-state index in [1.54, 1.807) is 12.1 Å². The lowest BCUT2D eigenvalue weighted by molar-refractivity contribution is 0.0730. The highest BCUT2D eigenvalue weighted by atomic mass is 35.5. The molecule has 0 unspecified atom stereocenters. The van der Waals surface area contributed by atoms with Crippen LogP contribution in [0.4, 0.5) is 11.4 Å². The standard InChI is InChI=1S/C18H20ClN3O4S2/c1-12-2-5-15(17(23)10-12)20-18(27)21-16-11-13(3-4-14(16)19)28(24,25)22-6-8-26-9-7-22/h2-5,10-11,23H,6-9H2,1H3,(H2,20,21,27). The van der Waals surface area contributed by atoms with Crippen molar-refractivity contribution in [2.45, 2.75) is 11.8 Å². The van der Waals surface area contributed by atoms with Crippen LogP contribution in [0.3, 0.4) is 0 Å². The summed E-state index contributed by atoms with van der Waals surface area (Å²) in [5.74, 6) is 0.0545. The van der Waals surface area contributed by atoms with Gasteiger partial charge in [0.25, 0.3) is 0 Å². The first-order valence-electron chi connectivity index (χ1n) is 8.52. The first-order valence-corrected chi connectivity index (χ1v) is 10.7. The van der Waals surface area contributed by atoms with Gasteiger partial charge in [0.2, 0.25) is 10.0 Å². The van der Waals surface area contributed by atoms with Crippen molar-refractivity contribution in [3.8, 4) is 5.75 Å². The van der Waals surface area contributed by atoms with Crippen LogP contribution in [0.2, 0.25) is 5.02 Å². The van der Waals surface area contributed by atoms with Gasteiger partial charge in [0.05, 0.1) is 34.5 Å². The molecule has 1 fully saturated rings. The van der Waals surface area contributed by atoms with Gasteiger partial charge in [0.1, 0.15) is 5.75 Å². The molecule has 28 heavy (non-hydrogen) atoms. The number of benzene rings is 2. The predicted octanol–water partition coefficient (Wildman–Crippen LogP) is 3.18. The van der Waals surface area contributed by atoms with Crippen LogP contribution in [0.15, 0.2) is 41.3 Å². The predicted molar refractivity (Wildman–Crippen MR) is 114 cm³/mol. The summed E-state index contributed by atoms with van der Waals surface area (Å²) in [6, 6.07) is 9.53. The fourth-order valence-corrected chi connectivity index (χ4v) is 4.54. The van der Waals surface area contributed by atoms with E-state index in [0.29, 0.717) is 42.7 Å². The number of rotatable bonds is 4. The van der Waals surface area contributed by atoms with E-state index in [9.17, 15) is 13.5 Å². The van der Waals surface area contributed by atoms with Crippen molar-refractivity contribution in [1.82, 2.24) is 4.31 Å². The quantitative estimate of drug-likeness (QED) is 0.495. The summed E-state index contributed by atoms with van der Waals surface area (Å²) in [7, 11) is -3.66. The van der Waals surface area contributed by atoms with Crippen molar-refractivity contribution in [2.24, 2.45) is 0 Å². The van der Waals surface area contributed by atoms with Crippen molar-refractivity contribution in [3.05, 3.63) is 47.0 Å². The van der Waals surface area contributed by atoms with Crippen LogP contribution >= 0.6 is 23.8 Å². The molecule has 7 nitrogen and oxygen atoms in total. The van der Waals surface area contributed by atoms with Crippen molar-refractivity contribution in [1.29, 1.82) is 0 Å². The van der Waals surface area contributed by atoms with Crippen molar-refractivity contribution in [3.63, 3.8) is 0 Å². The van der Waals surface area contributed by atoms with Crippen LogP contribution in [0.25, 0.3) is 0 Å². The monoisotopic (exact) mass is 441 g/mol. The van der Waals surface area contributed by atoms with Crippen LogP contribution in [0.5, 0.6) is 5.75 Å². The number of morpholine rings is 1. The molecule has 3 N–H and O–H groups in total. The van der Waals surface area contributed by atoms with Gasteiger partial charge in [0, 0.05) is 13.1 Å². The lowest BCUT2D eigenvalue weighted by Gasteiger charge is -2.26. The Hall–Kier alpha value is -1.91. The first-order chi connectivity index (χ1) is 13.3. The number of anilines is 2. The Morgan fingerprint density at radius 3 is 2.50 bits per heavy atom. The molecular formula is C18H20ClN3O4S2. The van der Waals surface area contributed by atoms with E-state index < -0.39 is 10.0 Å². The average molecular weight is 442 g/mol. The SMILES string of the molecule is Cc1ccc(NC(=S)Nc2cc(S(=O)(=O)N3CCOCC3)ccc2Cl)c(O)c1. The Balaban J connectivity index is 1.78. The summed E-state index contributed by atoms with van der Waals surface area (Å²) >= 11 is 11.5. The van der Waals surface area contributed by atoms with Crippen LogP contribution in [0, 0.1) is 6.92 Å². The van der Waals surface area contributed by atoms with Crippen LogP contribution in [-0.2, 0) is 14.8 Å². The molecule has 0 bridgehead atoms. The molecule has 1 aliphatic rings. The smallest absolute Gasteiger partial charge is 0.243 e. The molecular weight excluding hydrogens is 422 g/mol. The summed E-state index contributed by atoms with van der Waals surface area (Å²) in [5, 5.41) is 16.2. The molecule has 0 saturated carbocycles. The number of thiocarbonyl (C=S) groups is 1. The number of phenols is 1. The second kappa shape index (κ2) is 8.62.